The summed E-state index contributed by atoms with van der Waals surface area (Å²) in [6.45, 7) is 0. The number of aromatic carboxylic acids is 1. The Morgan fingerprint density at radius 3 is 2.62 bits per heavy atom. The van der Waals surface area contributed by atoms with E-state index in [2.05, 4.69) is 20.5 Å². The molecule has 164 valence electrons. The molecule has 4 aromatic rings. The van der Waals surface area contributed by atoms with E-state index >= 15 is 0 Å². The largest absolute Gasteiger partial charge is 0.496 e. The minimum Gasteiger partial charge on any atom is -0.496 e. The molecule has 0 spiro atoms. The molecule has 0 aliphatic rings. The average molecular weight is 442 g/mol. The van der Waals surface area contributed by atoms with Gasteiger partial charge in [0.25, 0.3) is 12.3 Å². The van der Waals surface area contributed by atoms with E-state index in [1.807, 2.05) is 0 Å². The zero-order chi connectivity index (χ0) is 23.0. The molecular weight excluding hydrogens is 426 g/mol. The van der Waals surface area contributed by atoms with Gasteiger partial charge in [-0.05, 0) is 18.2 Å². The molecule has 0 saturated carbocycles. The summed E-state index contributed by atoms with van der Waals surface area (Å²) in [7, 11) is 2.85. The van der Waals surface area contributed by atoms with Crippen molar-refractivity contribution in [3.8, 4) is 17.0 Å². The summed E-state index contributed by atoms with van der Waals surface area (Å²) >= 11 is 0. The zero-order valence-corrected chi connectivity index (χ0v) is 16.8. The van der Waals surface area contributed by atoms with Gasteiger partial charge in [-0.25, -0.2) is 23.1 Å². The smallest absolute Gasteiger partial charge is 0.356 e. The van der Waals surface area contributed by atoms with E-state index in [1.165, 1.54) is 26.4 Å². The summed E-state index contributed by atoms with van der Waals surface area (Å²) in [6.07, 6.45) is -0.640. The number of hydrogen-bond donors (Lipinski definition) is 2. The van der Waals surface area contributed by atoms with Crippen LogP contribution in [0.5, 0.6) is 5.75 Å². The van der Waals surface area contributed by atoms with E-state index in [-0.39, 0.29) is 28.3 Å². The number of carbonyl (C=O) groups is 2. The number of ether oxygens (including phenoxy) is 1. The number of benzene rings is 1. The van der Waals surface area contributed by atoms with E-state index in [0.717, 1.165) is 15.4 Å². The fourth-order valence-corrected chi connectivity index (χ4v) is 3.27. The maximum Gasteiger partial charge on any atom is 0.356 e. The number of nitrogens with zero attached hydrogens (tertiary/aromatic N) is 5. The van der Waals surface area contributed by atoms with E-state index in [4.69, 9.17) is 4.74 Å². The van der Waals surface area contributed by atoms with Crippen LogP contribution < -0.4 is 10.1 Å². The van der Waals surface area contributed by atoms with Crippen LogP contribution in [0.25, 0.3) is 16.9 Å². The third kappa shape index (κ3) is 3.51. The van der Waals surface area contributed by atoms with Gasteiger partial charge < -0.3 is 15.2 Å². The number of halogens is 2. The number of aryl methyl sites for hydroxylation is 1. The van der Waals surface area contributed by atoms with Gasteiger partial charge in [0, 0.05) is 12.6 Å². The van der Waals surface area contributed by atoms with Crippen LogP contribution >= 0.6 is 0 Å². The van der Waals surface area contributed by atoms with Gasteiger partial charge in [0.05, 0.1) is 30.9 Å². The number of rotatable bonds is 6. The van der Waals surface area contributed by atoms with Crippen molar-refractivity contribution in [2.75, 3.05) is 12.4 Å². The number of carbonyl (C=O) groups excluding carboxylic acids is 1. The van der Waals surface area contributed by atoms with Crippen LogP contribution in [0, 0.1) is 0 Å². The van der Waals surface area contributed by atoms with Crippen molar-refractivity contribution in [3.05, 3.63) is 59.7 Å². The molecule has 3 aromatic heterocycles. The van der Waals surface area contributed by atoms with E-state index in [9.17, 15) is 23.5 Å². The maximum atomic E-state index is 13.8. The maximum absolute atomic E-state index is 13.8. The van der Waals surface area contributed by atoms with E-state index < -0.39 is 24.0 Å². The summed E-state index contributed by atoms with van der Waals surface area (Å²) in [5.41, 5.74) is -0.404. The van der Waals surface area contributed by atoms with Crippen LogP contribution in [0.15, 0.2) is 42.7 Å². The Kier molecular flexibility index (Phi) is 5.26. The lowest BCUT2D eigenvalue weighted by molar-refractivity contribution is 0.0686. The summed E-state index contributed by atoms with van der Waals surface area (Å²) < 4.78 is 34.8. The molecule has 12 heteroatoms. The Hall–Kier alpha value is -4.35. The SMILES string of the molecule is COc1ccccc1-c1cc(C(F)F)n2ncc(C(=O)Nc3cnn(C)c3C(=O)O)c2n1. The highest BCUT2D eigenvalue weighted by atomic mass is 19.3. The second kappa shape index (κ2) is 8.06. The van der Waals surface area contributed by atoms with Crippen LogP contribution in [0.4, 0.5) is 14.5 Å². The highest BCUT2D eigenvalue weighted by Gasteiger charge is 2.24. The first kappa shape index (κ1) is 20.9. The number of fused-ring (bicyclic) bond motifs is 1. The number of amides is 1. The van der Waals surface area contributed by atoms with Gasteiger partial charge >= 0.3 is 5.97 Å². The lowest BCUT2D eigenvalue weighted by Crippen LogP contribution is -2.16. The summed E-state index contributed by atoms with van der Waals surface area (Å²) in [5, 5.41) is 19.5. The third-order valence-corrected chi connectivity index (χ3v) is 4.74. The van der Waals surface area contributed by atoms with Crippen LogP contribution in [0.1, 0.15) is 33.0 Å². The Bertz CT molecular complexity index is 1350. The fourth-order valence-electron chi connectivity index (χ4n) is 3.27. The molecule has 0 fully saturated rings. The van der Waals surface area contributed by atoms with Crippen molar-refractivity contribution in [2.45, 2.75) is 6.43 Å². The molecule has 0 radical (unpaired) electrons. The van der Waals surface area contributed by atoms with Gasteiger partial charge in [-0.15, -0.1) is 0 Å². The van der Waals surface area contributed by atoms with Crippen LogP contribution in [-0.2, 0) is 7.05 Å². The number of hydrogen-bond acceptors (Lipinski definition) is 6. The first-order valence-electron chi connectivity index (χ1n) is 9.18. The molecule has 1 aromatic carbocycles. The summed E-state index contributed by atoms with van der Waals surface area (Å²) in [6, 6.07) is 7.90. The molecule has 0 unspecified atom stereocenters. The lowest BCUT2D eigenvalue weighted by atomic mass is 10.1. The molecule has 0 aliphatic heterocycles. The number of methoxy groups -OCH3 is 1. The third-order valence-electron chi connectivity index (χ3n) is 4.74. The molecule has 2 N–H and O–H groups in total. The lowest BCUT2D eigenvalue weighted by Gasteiger charge is -2.11. The Labute approximate surface area is 179 Å². The molecule has 0 aliphatic carbocycles. The summed E-state index contributed by atoms with van der Waals surface area (Å²) in [4.78, 5) is 28.7. The fraction of sp³-hybridized carbons (Fsp3) is 0.150. The van der Waals surface area contributed by atoms with E-state index in [0.29, 0.717) is 11.3 Å². The highest BCUT2D eigenvalue weighted by molar-refractivity contribution is 6.10. The highest BCUT2D eigenvalue weighted by Crippen LogP contribution is 2.32. The molecule has 32 heavy (non-hydrogen) atoms. The average Bonchev–Trinajstić information content (AvgIpc) is 3.36. The van der Waals surface area contributed by atoms with Gasteiger partial charge in [0.2, 0.25) is 0 Å². The second-order valence-corrected chi connectivity index (χ2v) is 6.65. The first-order chi connectivity index (χ1) is 15.3. The number of carboxylic acids is 1. The van der Waals surface area contributed by atoms with Crippen molar-refractivity contribution >= 4 is 23.2 Å². The number of aromatic nitrogens is 5. The normalized spacial score (nSPS) is 11.2. The van der Waals surface area contributed by atoms with Crippen LogP contribution in [0.3, 0.4) is 0 Å². The molecule has 0 saturated heterocycles. The number of nitrogens with one attached hydrogen (secondary N) is 1. The molecule has 0 atom stereocenters. The van der Waals surface area contributed by atoms with Crippen molar-refractivity contribution in [1.82, 2.24) is 24.4 Å². The molecule has 3 heterocycles. The number of para-hydroxylation sites is 1. The number of alkyl halides is 2. The van der Waals surface area contributed by atoms with E-state index in [1.54, 1.807) is 24.3 Å². The van der Waals surface area contributed by atoms with Crippen molar-refractivity contribution in [1.29, 1.82) is 0 Å². The van der Waals surface area contributed by atoms with Gasteiger partial charge in [-0.1, -0.05) is 12.1 Å². The number of carboxylic acid groups (broad SMARTS) is 1. The van der Waals surface area contributed by atoms with Crippen LogP contribution in [-0.4, -0.2) is 48.5 Å². The molecule has 1 amide bonds. The molecular formula is C20H16F2N6O4. The van der Waals surface area contributed by atoms with Crippen molar-refractivity contribution in [3.63, 3.8) is 0 Å². The van der Waals surface area contributed by atoms with Crippen molar-refractivity contribution in [2.24, 2.45) is 7.05 Å². The number of anilines is 1. The topological polar surface area (TPSA) is 124 Å². The monoisotopic (exact) mass is 442 g/mol. The Morgan fingerprint density at radius 1 is 1.19 bits per heavy atom. The Morgan fingerprint density at radius 2 is 1.94 bits per heavy atom. The second-order valence-electron chi connectivity index (χ2n) is 6.65. The first-order valence-corrected chi connectivity index (χ1v) is 9.18. The standard InChI is InChI=1S/C20H16F2N6O4/c1-27-16(20(30)31)13(9-23-27)26-19(29)11-8-24-28-14(17(21)22)7-12(25-18(11)28)10-5-3-4-6-15(10)32-2/h3-9,17H,1-2H3,(H,26,29)(H,30,31). The predicted molar refractivity (Wildman–Crippen MR) is 108 cm³/mol. The van der Waals surface area contributed by atoms with Crippen molar-refractivity contribution < 1.29 is 28.2 Å². The van der Waals surface area contributed by atoms with Gasteiger partial charge in [-0.2, -0.15) is 10.2 Å². The quantitative estimate of drug-likeness (QED) is 0.470. The zero-order valence-electron chi connectivity index (χ0n) is 16.8. The molecule has 0 bridgehead atoms. The van der Waals surface area contributed by atoms with Gasteiger partial charge in [-0.3, -0.25) is 9.48 Å². The molecule has 10 nitrogen and oxygen atoms in total. The minimum absolute atomic E-state index is 0.0562. The Balaban J connectivity index is 1.84. The molecule has 4 rings (SSSR count). The summed E-state index contributed by atoms with van der Waals surface area (Å²) in [5.74, 6) is -1.66. The minimum atomic E-state index is -2.90. The predicted octanol–water partition coefficient (Wildman–Crippen LogP) is 3.03. The van der Waals surface area contributed by atoms with Gasteiger partial charge in [0.1, 0.15) is 17.0 Å². The van der Waals surface area contributed by atoms with Gasteiger partial charge in [0.15, 0.2) is 11.3 Å². The van der Waals surface area contributed by atoms with Crippen LogP contribution in [0.2, 0.25) is 0 Å².